The molecule has 5 atom stereocenters. The van der Waals surface area contributed by atoms with E-state index in [9.17, 15) is 9.90 Å². The quantitative estimate of drug-likeness (QED) is 0.381. The van der Waals surface area contributed by atoms with Crippen molar-refractivity contribution in [1.29, 1.82) is 0 Å². The van der Waals surface area contributed by atoms with Gasteiger partial charge in [-0.25, -0.2) is 0 Å². The lowest BCUT2D eigenvalue weighted by atomic mass is 9.92. The second kappa shape index (κ2) is 14.5. The van der Waals surface area contributed by atoms with Gasteiger partial charge < -0.3 is 29.2 Å². The van der Waals surface area contributed by atoms with E-state index in [-0.39, 0.29) is 37.4 Å². The van der Waals surface area contributed by atoms with E-state index in [4.69, 9.17) is 35.7 Å². The number of hydrogen-bond donors (Lipinski definition) is 2. The first kappa shape index (κ1) is 26.7. The molecular weight excluding hydrogens is 460 g/mol. The Kier molecular flexibility index (Phi) is 11.4. The third-order valence-corrected chi connectivity index (χ3v) is 6.15. The number of benzene rings is 1. The summed E-state index contributed by atoms with van der Waals surface area (Å²) in [6.45, 7) is 1.30. The molecule has 34 heavy (non-hydrogen) atoms. The summed E-state index contributed by atoms with van der Waals surface area (Å²) in [7, 11) is 0. The van der Waals surface area contributed by atoms with Crippen molar-refractivity contribution in [3.63, 3.8) is 0 Å². The van der Waals surface area contributed by atoms with E-state index in [0.717, 1.165) is 38.7 Å². The number of halogens is 1. The molecule has 0 amide bonds. The number of aliphatic hydroxyl groups excluding tert-OH is 1. The normalized spacial score (nSPS) is 26.3. The van der Waals surface area contributed by atoms with Gasteiger partial charge in [0.15, 0.2) is 6.29 Å². The van der Waals surface area contributed by atoms with Gasteiger partial charge in [-0.15, -0.1) is 0 Å². The number of rotatable bonds is 13. The molecule has 2 aliphatic rings. The molecule has 188 valence electrons. The zero-order chi connectivity index (χ0) is 24.2. The van der Waals surface area contributed by atoms with Gasteiger partial charge in [0.1, 0.15) is 18.5 Å². The third kappa shape index (κ3) is 9.39. The average Bonchev–Trinajstić information content (AvgIpc) is 3.20. The van der Waals surface area contributed by atoms with E-state index < -0.39 is 12.1 Å². The fourth-order valence-electron chi connectivity index (χ4n) is 4.13. The fourth-order valence-corrected chi connectivity index (χ4v) is 4.31. The standard InChI is InChI=1S/C26H35ClO7/c27-19-8-7-9-21(16-19)32-17-20(28)13-14-23-22(10-3-1-2-4-11-25(29)30)24(18-33-23)34-26-12-5-6-15-31-26/h1-2,7-9,13-14,16,20,22-24,26,28H,3-6,10-12,15,17-18H2,(H,29,30)/b2-1-,14-13+/t20?,22-,23-,24+,26?/m1/s1. The Hall–Kier alpha value is -1.90. The van der Waals surface area contributed by atoms with Crippen LogP contribution < -0.4 is 4.74 Å². The highest BCUT2D eigenvalue weighted by atomic mass is 35.5. The number of aliphatic hydroxyl groups is 1. The van der Waals surface area contributed by atoms with Gasteiger partial charge in [-0.05, 0) is 56.7 Å². The first-order chi connectivity index (χ1) is 16.5. The van der Waals surface area contributed by atoms with Crippen LogP contribution in [0.1, 0.15) is 44.9 Å². The molecule has 0 aliphatic carbocycles. The van der Waals surface area contributed by atoms with Crippen molar-refractivity contribution in [3.05, 3.63) is 53.6 Å². The fraction of sp³-hybridized carbons (Fsp3) is 0.577. The van der Waals surface area contributed by atoms with Crippen LogP contribution in [0.4, 0.5) is 0 Å². The number of ether oxygens (including phenoxy) is 4. The molecule has 7 nitrogen and oxygen atoms in total. The first-order valence-corrected chi connectivity index (χ1v) is 12.4. The minimum Gasteiger partial charge on any atom is -0.491 e. The van der Waals surface area contributed by atoms with Gasteiger partial charge in [-0.2, -0.15) is 0 Å². The van der Waals surface area contributed by atoms with Crippen LogP contribution >= 0.6 is 11.6 Å². The highest BCUT2D eigenvalue weighted by Gasteiger charge is 2.38. The van der Waals surface area contributed by atoms with Crippen molar-refractivity contribution >= 4 is 17.6 Å². The van der Waals surface area contributed by atoms with Gasteiger partial charge in [0, 0.05) is 24.0 Å². The number of carbonyl (C=O) groups is 1. The molecule has 0 spiro atoms. The summed E-state index contributed by atoms with van der Waals surface area (Å²) < 4.78 is 23.6. The largest absolute Gasteiger partial charge is 0.491 e. The van der Waals surface area contributed by atoms with Crippen molar-refractivity contribution in [2.75, 3.05) is 19.8 Å². The Labute approximate surface area is 206 Å². The highest BCUT2D eigenvalue weighted by molar-refractivity contribution is 6.30. The van der Waals surface area contributed by atoms with Crippen LogP contribution in [0.5, 0.6) is 5.75 Å². The van der Waals surface area contributed by atoms with E-state index in [1.165, 1.54) is 0 Å². The SMILES string of the molecule is O=C(O)CC/C=C\CC[C@H]1[C@@H](OC2CCCCO2)CO[C@@H]1/C=C/C(O)COc1cccc(Cl)c1. The molecule has 1 aromatic carbocycles. The van der Waals surface area contributed by atoms with E-state index in [1.807, 2.05) is 18.2 Å². The van der Waals surface area contributed by atoms with Gasteiger partial charge in [-0.1, -0.05) is 42.0 Å². The topological polar surface area (TPSA) is 94.5 Å². The zero-order valence-electron chi connectivity index (χ0n) is 19.4. The summed E-state index contributed by atoms with van der Waals surface area (Å²) >= 11 is 5.97. The molecule has 8 heteroatoms. The minimum atomic E-state index is -0.794. The molecule has 2 aliphatic heterocycles. The molecule has 1 aromatic rings. The summed E-state index contributed by atoms with van der Waals surface area (Å²) in [5.41, 5.74) is 0. The summed E-state index contributed by atoms with van der Waals surface area (Å²) in [6, 6.07) is 7.05. The summed E-state index contributed by atoms with van der Waals surface area (Å²) in [4.78, 5) is 10.7. The Morgan fingerprint density at radius 3 is 2.85 bits per heavy atom. The Morgan fingerprint density at radius 1 is 1.24 bits per heavy atom. The van der Waals surface area contributed by atoms with Gasteiger partial charge in [-0.3, -0.25) is 4.79 Å². The lowest BCUT2D eigenvalue weighted by Crippen LogP contribution is -2.33. The van der Waals surface area contributed by atoms with Crippen LogP contribution in [0.15, 0.2) is 48.6 Å². The predicted octanol–water partition coefficient (Wildman–Crippen LogP) is 4.76. The number of carboxylic acid groups (broad SMARTS) is 1. The molecule has 0 bridgehead atoms. The summed E-state index contributed by atoms with van der Waals surface area (Å²) in [5.74, 6) is -0.0876. The Balaban J connectivity index is 1.53. The maximum atomic E-state index is 10.7. The van der Waals surface area contributed by atoms with E-state index >= 15 is 0 Å². The van der Waals surface area contributed by atoms with E-state index in [1.54, 1.807) is 30.3 Å². The van der Waals surface area contributed by atoms with Gasteiger partial charge >= 0.3 is 5.97 Å². The van der Waals surface area contributed by atoms with Crippen LogP contribution in [0.3, 0.4) is 0 Å². The number of allylic oxidation sites excluding steroid dienone is 2. The second-order valence-electron chi connectivity index (χ2n) is 8.63. The van der Waals surface area contributed by atoms with Crippen molar-refractivity contribution in [3.8, 4) is 5.75 Å². The lowest BCUT2D eigenvalue weighted by molar-refractivity contribution is -0.194. The Bertz CT molecular complexity index is 806. The van der Waals surface area contributed by atoms with Crippen molar-refractivity contribution in [1.82, 2.24) is 0 Å². The highest BCUT2D eigenvalue weighted by Crippen LogP contribution is 2.32. The van der Waals surface area contributed by atoms with Crippen LogP contribution in [0.2, 0.25) is 5.02 Å². The van der Waals surface area contributed by atoms with Gasteiger partial charge in [0.25, 0.3) is 0 Å². The van der Waals surface area contributed by atoms with Crippen LogP contribution in [0.25, 0.3) is 0 Å². The zero-order valence-corrected chi connectivity index (χ0v) is 20.1. The molecule has 2 saturated heterocycles. The molecule has 2 unspecified atom stereocenters. The van der Waals surface area contributed by atoms with Crippen molar-refractivity contribution in [2.45, 2.75) is 69.5 Å². The maximum Gasteiger partial charge on any atom is 0.303 e. The summed E-state index contributed by atoms with van der Waals surface area (Å²) in [6.07, 6.45) is 11.6. The number of aliphatic carboxylic acids is 1. The van der Waals surface area contributed by atoms with E-state index in [2.05, 4.69) is 0 Å². The smallest absolute Gasteiger partial charge is 0.303 e. The van der Waals surface area contributed by atoms with Gasteiger partial charge in [0.05, 0.1) is 18.8 Å². The van der Waals surface area contributed by atoms with Crippen molar-refractivity contribution in [2.24, 2.45) is 5.92 Å². The average molecular weight is 495 g/mol. The molecule has 2 N–H and O–H groups in total. The van der Waals surface area contributed by atoms with Crippen LogP contribution in [0, 0.1) is 5.92 Å². The van der Waals surface area contributed by atoms with Gasteiger partial charge in [0.2, 0.25) is 0 Å². The maximum absolute atomic E-state index is 10.7. The van der Waals surface area contributed by atoms with Crippen LogP contribution in [-0.4, -0.2) is 60.6 Å². The third-order valence-electron chi connectivity index (χ3n) is 5.91. The number of hydrogen-bond acceptors (Lipinski definition) is 6. The minimum absolute atomic E-state index is 0.0926. The predicted molar refractivity (Wildman–Crippen MR) is 129 cm³/mol. The molecule has 2 heterocycles. The molecule has 0 aromatic heterocycles. The molecule has 3 rings (SSSR count). The molecular formula is C26H35ClO7. The van der Waals surface area contributed by atoms with Crippen LogP contribution in [-0.2, 0) is 19.0 Å². The number of carboxylic acids is 1. The molecule has 0 saturated carbocycles. The molecule has 2 fully saturated rings. The summed E-state index contributed by atoms with van der Waals surface area (Å²) in [5, 5.41) is 19.7. The first-order valence-electron chi connectivity index (χ1n) is 12.0. The second-order valence-corrected chi connectivity index (χ2v) is 9.07. The molecule has 0 radical (unpaired) electrons. The lowest BCUT2D eigenvalue weighted by Gasteiger charge is -2.28. The van der Waals surface area contributed by atoms with E-state index in [0.29, 0.717) is 23.8 Å². The monoisotopic (exact) mass is 494 g/mol. The Morgan fingerprint density at radius 2 is 2.09 bits per heavy atom. The van der Waals surface area contributed by atoms with Crippen molar-refractivity contribution < 1.29 is 34.0 Å².